The van der Waals surface area contributed by atoms with Gasteiger partial charge >= 0.3 is 0 Å². The van der Waals surface area contributed by atoms with Crippen LogP contribution < -0.4 is 21.5 Å². The molecule has 18 heavy (non-hydrogen) atoms. The molecule has 1 aromatic carbocycles. The van der Waals surface area contributed by atoms with Crippen molar-refractivity contribution < 1.29 is 14.3 Å². The second kappa shape index (κ2) is 5.05. The Labute approximate surface area is 104 Å². The largest absolute Gasteiger partial charge is 0.491 e. The molecule has 6 heteroatoms. The number of amides is 2. The fourth-order valence-electron chi connectivity index (χ4n) is 1.72. The maximum atomic E-state index is 11.2. The van der Waals surface area contributed by atoms with E-state index in [1.165, 1.54) is 0 Å². The normalized spacial score (nSPS) is 15.5. The van der Waals surface area contributed by atoms with Crippen LogP contribution in [-0.4, -0.2) is 24.5 Å². The third-order valence-corrected chi connectivity index (χ3v) is 2.77. The van der Waals surface area contributed by atoms with Gasteiger partial charge in [0.25, 0.3) is 0 Å². The standard InChI is InChI=1S/C12H15N3O3/c13-9(12(14)17)6-18-8-2-3-10-7(5-8)1-4-11(16)15-10/h2-3,5,9H,1,4,6,13H2,(H2,14,17)(H,15,16). The number of nitrogens with one attached hydrogen (secondary N) is 1. The summed E-state index contributed by atoms with van der Waals surface area (Å²) in [6.45, 7) is 0.0421. The first kappa shape index (κ1) is 12.4. The molecule has 2 amide bonds. The molecular formula is C12H15N3O3. The highest BCUT2D eigenvalue weighted by atomic mass is 16.5. The first-order valence-corrected chi connectivity index (χ1v) is 5.67. The predicted octanol–water partition coefficient (Wildman–Crippen LogP) is -0.237. The first-order valence-electron chi connectivity index (χ1n) is 5.67. The Bertz CT molecular complexity index is 487. The first-order chi connectivity index (χ1) is 8.56. The zero-order chi connectivity index (χ0) is 13.1. The highest BCUT2D eigenvalue weighted by Gasteiger charge is 2.15. The fraction of sp³-hybridized carbons (Fsp3) is 0.333. The molecular weight excluding hydrogens is 234 g/mol. The Morgan fingerprint density at radius 1 is 1.44 bits per heavy atom. The predicted molar refractivity (Wildman–Crippen MR) is 66.1 cm³/mol. The zero-order valence-corrected chi connectivity index (χ0v) is 9.81. The Balaban J connectivity index is 2.03. The van der Waals surface area contributed by atoms with Crippen molar-refractivity contribution in [2.45, 2.75) is 18.9 Å². The summed E-state index contributed by atoms with van der Waals surface area (Å²) in [7, 11) is 0. The summed E-state index contributed by atoms with van der Waals surface area (Å²) < 4.78 is 5.38. The van der Waals surface area contributed by atoms with Crippen molar-refractivity contribution in [3.63, 3.8) is 0 Å². The van der Waals surface area contributed by atoms with E-state index in [0.717, 1.165) is 11.3 Å². The second-order valence-corrected chi connectivity index (χ2v) is 4.19. The summed E-state index contributed by atoms with van der Waals surface area (Å²) in [5.41, 5.74) is 12.3. The van der Waals surface area contributed by atoms with Gasteiger partial charge in [0.2, 0.25) is 11.8 Å². The number of carbonyl (C=O) groups excluding carboxylic acids is 2. The maximum Gasteiger partial charge on any atom is 0.237 e. The van der Waals surface area contributed by atoms with Gasteiger partial charge in [0, 0.05) is 12.1 Å². The smallest absolute Gasteiger partial charge is 0.237 e. The Hall–Kier alpha value is -2.08. The van der Waals surface area contributed by atoms with Crippen molar-refractivity contribution in [1.29, 1.82) is 0 Å². The lowest BCUT2D eigenvalue weighted by Gasteiger charge is -2.18. The van der Waals surface area contributed by atoms with E-state index in [2.05, 4.69) is 5.32 Å². The minimum absolute atomic E-state index is 0.0203. The number of anilines is 1. The number of benzene rings is 1. The van der Waals surface area contributed by atoms with E-state index < -0.39 is 11.9 Å². The number of hydrogen-bond acceptors (Lipinski definition) is 4. The molecule has 96 valence electrons. The number of primary amides is 1. The SMILES string of the molecule is NC(=O)C(N)COc1ccc2c(c1)CCC(=O)N2. The average molecular weight is 249 g/mol. The van der Waals surface area contributed by atoms with Gasteiger partial charge in [-0.05, 0) is 30.2 Å². The molecule has 1 heterocycles. The molecule has 1 aliphatic heterocycles. The number of fused-ring (bicyclic) bond motifs is 1. The van der Waals surface area contributed by atoms with Crippen LogP contribution in [0.15, 0.2) is 18.2 Å². The molecule has 0 aliphatic carbocycles. The lowest BCUT2D eigenvalue weighted by Crippen LogP contribution is -2.41. The van der Waals surface area contributed by atoms with E-state index in [9.17, 15) is 9.59 Å². The zero-order valence-electron chi connectivity index (χ0n) is 9.81. The van der Waals surface area contributed by atoms with Crippen LogP contribution in [0.3, 0.4) is 0 Å². The van der Waals surface area contributed by atoms with Gasteiger partial charge in [0.1, 0.15) is 18.4 Å². The van der Waals surface area contributed by atoms with Crippen molar-refractivity contribution in [3.8, 4) is 5.75 Å². The minimum atomic E-state index is -0.819. The number of aryl methyl sites for hydroxylation is 1. The van der Waals surface area contributed by atoms with Crippen molar-refractivity contribution in [3.05, 3.63) is 23.8 Å². The third-order valence-electron chi connectivity index (χ3n) is 2.77. The van der Waals surface area contributed by atoms with E-state index in [1.54, 1.807) is 12.1 Å². The molecule has 0 aromatic heterocycles. The van der Waals surface area contributed by atoms with Gasteiger partial charge in [-0.3, -0.25) is 9.59 Å². The molecule has 0 saturated carbocycles. The van der Waals surface area contributed by atoms with Crippen LogP contribution in [0.1, 0.15) is 12.0 Å². The molecule has 0 spiro atoms. The van der Waals surface area contributed by atoms with E-state index in [-0.39, 0.29) is 12.5 Å². The minimum Gasteiger partial charge on any atom is -0.491 e. The number of nitrogens with two attached hydrogens (primary N) is 2. The quantitative estimate of drug-likeness (QED) is 0.684. The van der Waals surface area contributed by atoms with Gasteiger partial charge < -0.3 is 21.5 Å². The summed E-state index contributed by atoms with van der Waals surface area (Å²) in [5.74, 6) is 0.0359. The van der Waals surface area contributed by atoms with Crippen LogP contribution in [0.5, 0.6) is 5.75 Å². The van der Waals surface area contributed by atoms with Crippen molar-refractivity contribution >= 4 is 17.5 Å². The topological polar surface area (TPSA) is 107 Å². The number of ether oxygens (including phenoxy) is 1. The highest BCUT2D eigenvalue weighted by Crippen LogP contribution is 2.26. The van der Waals surface area contributed by atoms with Crippen molar-refractivity contribution in [1.82, 2.24) is 0 Å². The summed E-state index contributed by atoms with van der Waals surface area (Å²) >= 11 is 0. The second-order valence-electron chi connectivity index (χ2n) is 4.19. The Morgan fingerprint density at radius 3 is 2.94 bits per heavy atom. The lowest BCUT2D eigenvalue weighted by atomic mass is 10.0. The maximum absolute atomic E-state index is 11.2. The Morgan fingerprint density at radius 2 is 2.22 bits per heavy atom. The van der Waals surface area contributed by atoms with E-state index >= 15 is 0 Å². The van der Waals surface area contributed by atoms with Gasteiger partial charge in [-0.25, -0.2) is 0 Å². The van der Waals surface area contributed by atoms with E-state index in [1.807, 2.05) is 6.07 Å². The lowest BCUT2D eigenvalue weighted by molar-refractivity contribution is -0.120. The fourth-order valence-corrected chi connectivity index (χ4v) is 1.72. The highest BCUT2D eigenvalue weighted by molar-refractivity contribution is 5.94. The summed E-state index contributed by atoms with van der Waals surface area (Å²) in [4.78, 5) is 21.9. The molecule has 1 unspecified atom stereocenters. The van der Waals surface area contributed by atoms with Crippen LogP contribution in [0.2, 0.25) is 0 Å². The van der Waals surface area contributed by atoms with E-state index in [0.29, 0.717) is 18.6 Å². The Kier molecular flexibility index (Phi) is 3.47. The van der Waals surface area contributed by atoms with Crippen LogP contribution in [0.25, 0.3) is 0 Å². The molecule has 1 aromatic rings. The number of rotatable bonds is 4. The van der Waals surface area contributed by atoms with Crippen LogP contribution >= 0.6 is 0 Å². The van der Waals surface area contributed by atoms with Gasteiger partial charge in [-0.15, -0.1) is 0 Å². The van der Waals surface area contributed by atoms with Gasteiger partial charge in [-0.1, -0.05) is 0 Å². The summed E-state index contributed by atoms with van der Waals surface area (Å²) in [6, 6.07) is 4.51. The average Bonchev–Trinajstić information content (AvgIpc) is 2.35. The molecule has 2 rings (SSSR count). The molecule has 5 N–H and O–H groups in total. The molecule has 0 radical (unpaired) electrons. The van der Waals surface area contributed by atoms with Gasteiger partial charge in [0.05, 0.1) is 0 Å². The van der Waals surface area contributed by atoms with Gasteiger partial charge in [-0.2, -0.15) is 0 Å². The van der Waals surface area contributed by atoms with Crippen LogP contribution in [0.4, 0.5) is 5.69 Å². The molecule has 1 atom stereocenters. The summed E-state index contributed by atoms with van der Waals surface area (Å²) in [6.07, 6.45) is 1.15. The molecule has 1 aliphatic rings. The molecule has 0 bridgehead atoms. The van der Waals surface area contributed by atoms with Crippen LogP contribution in [-0.2, 0) is 16.0 Å². The summed E-state index contributed by atoms with van der Waals surface area (Å²) in [5, 5.41) is 2.78. The number of hydrogen-bond donors (Lipinski definition) is 3. The van der Waals surface area contributed by atoms with E-state index in [4.69, 9.17) is 16.2 Å². The molecule has 6 nitrogen and oxygen atoms in total. The molecule has 0 saturated heterocycles. The molecule has 0 fully saturated rings. The number of carbonyl (C=O) groups is 2. The van der Waals surface area contributed by atoms with Crippen molar-refractivity contribution in [2.75, 3.05) is 11.9 Å². The van der Waals surface area contributed by atoms with Gasteiger partial charge in [0.15, 0.2) is 0 Å². The monoisotopic (exact) mass is 249 g/mol. The van der Waals surface area contributed by atoms with Crippen molar-refractivity contribution in [2.24, 2.45) is 11.5 Å². The third kappa shape index (κ3) is 2.78. The van der Waals surface area contributed by atoms with Crippen LogP contribution in [0, 0.1) is 0 Å².